The van der Waals surface area contributed by atoms with Crippen molar-refractivity contribution in [3.05, 3.63) is 29.0 Å². The first kappa shape index (κ1) is 17.1. The first-order valence-corrected chi connectivity index (χ1v) is 9.05. The minimum Gasteiger partial charge on any atom is -0.323 e. The molecule has 130 valence electrons. The van der Waals surface area contributed by atoms with Crippen LogP contribution in [0.15, 0.2) is 23.1 Å². The van der Waals surface area contributed by atoms with Crippen molar-refractivity contribution in [2.75, 3.05) is 20.1 Å². The van der Waals surface area contributed by atoms with E-state index in [4.69, 9.17) is 11.6 Å². The number of carbonyl (C=O) groups excluding carboxylic acids is 2. The smallest absolute Gasteiger partial charge is 0.323 e. The van der Waals surface area contributed by atoms with Crippen molar-refractivity contribution in [1.29, 1.82) is 0 Å². The molecule has 0 aliphatic carbocycles. The van der Waals surface area contributed by atoms with E-state index < -0.39 is 32.3 Å². The fourth-order valence-electron chi connectivity index (χ4n) is 3.02. The quantitative estimate of drug-likeness (QED) is 0.786. The summed E-state index contributed by atoms with van der Waals surface area (Å²) < 4.78 is 40.4. The van der Waals surface area contributed by atoms with Gasteiger partial charge < -0.3 is 5.32 Å². The van der Waals surface area contributed by atoms with Gasteiger partial charge in [-0.1, -0.05) is 17.7 Å². The van der Waals surface area contributed by atoms with Crippen LogP contribution in [0, 0.1) is 5.82 Å². The number of sulfonamides is 1. The van der Waals surface area contributed by atoms with Gasteiger partial charge in [0.05, 0.1) is 5.02 Å². The van der Waals surface area contributed by atoms with Crippen LogP contribution < -0.4 is 5.32 Å². The summed E-state index contributed by atoms with van der Waals surface area (Å²) in [6.07, 6.45) is 0.257. The molecule has 1 N–H and O–H groups in total. The molecule has 2 heterocycles. The van der Waals surface area contributed by atoms with Gasteiger partial charge in [-0.15, -0.1) is 0 Å². The number of likely N-dealkylation sites (N-methyl/N-ethyl adjacent to an activating group) is 1. The zero-order valence-electron chi connectivity index (χ0n) is 12.8. The Labute approximate surface area is 143 Å². The first-order chi connectivity index (χ1) is 11.2. The summed E-state index contributed by atoms with van der Waals surface area (Å²) >= 11 is 5.65. The Hall–Kier alpha value is -1.71. The SMILES string of the molecule is CN1C(=O)NC2(CCN(S(=O)(=O)c3cccc(Cl)c3F)CC2)C1=O. The van der Waals surface area contributed by atoms with Crippen molar-refractivity contribution in [3.63, 3.8) is 0 Å². The Kier molecular flexibility index (Phi) is 4.05. The number of carbonyl (C=O) groups is 2. The van der Waals surface area contributed by atoms with Crippen molar-refractivity contribution >= 4 is 33.6 Å². The van der Waals surface area contributed by atoms with Gasteiger partial charge in [0, 0.05) is 20.1 Å². The Balaban J connectivity index is 1.83. The molecule has 0 radical (unpaired) electrons. The minimum atomic E-state index is -4.07. The van der Waals surface area contributed by atoms with E-state index in [1.807, 2.05) is 0 Å². The highest BCUT2D eigenvalue weighted by Crippen LogP contribution is 2.32. The summed E-state index contributed by atoms with van der Waals surface area (Å²) in [5, 5.41) is 2.35. The molecule has 0 bridgehead atoms. The zero-order valence-corrected chi connectivity index (χ0v) is 14.3. The molecule has 7 nitrogen and oxygen atoms in total. The van der Waals surface area contributed by atoms with Gasteiger partial charge in [-0.25, -0.2) is 17.6 Å². The number of halogens is 2. The lowest BCUT2D eigenvalue weighted by Crippen LogP contribution is -2.55. The molecule has 1 aromatic carbocycles. The van der Waals surface area contributed by atoms with E-state index in [0.717, 1.165) is 15.3 Å². The molecule has 24 heavy (non-hydrogen) atoms. The fraction of sp³-hybridized carbons (Fsp3) is 0.429. The van der Waals surface area contributed by atoms with Crippen molar-refractivity contribution < 1.29 is 22.4 Å². The minimum absolute atomic E-state index is 0.00581. The van der Waals surface area contributed by atoms with E-state index in [1.54, 1.807) is 0 Å². The van der Waals surface area contributed by atoms with E-state index >= 15 is 0 Å². The van der Waals surface area contributed by atoms with Gasteiger partial charge in [0.15, 0.2) is 5.82 Å². The maximum absolute atomic E-state index is 14.1. The van der Waals surface area contributed by atoms with Crippen LogP contribution in [0.25, 0.3) is 0 Å². The summed E-state index contributed by atoms with van der Waals surface area (Å²) in [4.78, 5) is 24.3. The van der Waals surface area contributed by atoms with Crippen LogP contribution in [0.4, 0.5) is 9.18 Å². The molecular weight excluding hydrogens is 361 g/mol. The molecule has 0 unspecified atom stereocenters. The standard InChI is InChI=1S/C14H15ClFN3O4S/c1-18-12(20)14(17-13(18)21)5-7-19(8-6-14)24(22,23)10-4-2-3-9(15)11(10)16/h2-4H,5-8H2,1H3,(H,17,21). The predicted molar refractivity (Wildman–Crippen MR) is 83.4 cm³/mol. The van der Waals surface area contributed by atoms with Crippen LogP contribution in [0.5, 0.6) is 0 Å². The second kappa shape index (κ2) is 5.68. The van der Waals surface area contributed by atoms with Crippen LogP contribution in [-0.4, -0.2) is 55.2 Å². The number of piperidine rings is 1. The van der Waals surface area contributed by atoms with E-state index in [2.05, 4.69) is 5.32 Å². The second-order valence-electron chi connectivity index (χ2n) is 5.83. The molecule has 2 aliphatic heterocycles. The van der Waals surface area contributed by atoms with Gasteiger partial charge in [0.1, 0.15) is 10.4 Å². The Morgan fingerprint density at radius 2 is 1.88 bits per heavy atom. The summed E-state index contributed by atoms with van der Waals surface area (Å²) in [5.41, 5.74) is -1.08. The lowest BCUT2D eigenvalue weighted by atomic mass is 9.88. The normalized spacial score (nSPS) is 21.4. The number of hydrogen-bond donors (Lipinski definition) is 1. The molecular formula is C14H15ClFN3O4S. The maximum atomic E-state index is 14.1. The molecule has 1 aromatic rings. The summed E-state index contributed by atoms with van der Waals surface area (Å²) in [6.45, 7) is -0.0116. The van der Waals surface area contributed by atoms with E-state index in [0.29, 0.717) is 0 Å². The molecule has 2 saturated heterocycles. The fourth-order valence-corrected chi connectivity index (χ4v) is 4.78. The average Bonchev–Trinajstić information content (AvgIpc) is 2.74. The third kappa shape index (κ3) is 2.47. The first-order valence-electron chi connectivity index (χ1n) is 7.23. The predicted octanol–water partition coefficient (Wildman–Crippen LogP) is 1.18. The summed E-state index contributed by atoms with van der Waals surface area (Å²) in [7, 11) is -2.70. The highest BCUT2D eigenvalue weighted by atomic mass is 35.5. The van der Waals surface area contributed by atoms with Crippen LogP contribution in [0.1, 0.15) is 12.8 Å². The topological polar surface area (TPSA) is 86.8 Å². The second-order valence-corrected chi connectivity index (χ2v) is 8.15. The lowest BCUT2D eigenvalue weighted by Gasteiger charge is -2.36. The highest BCUT2D eigenvalue weighted by molar-refractivity contribution is 7.89. The Bertz CT molecular complexity index is 821. The average molecular weight is 376 g/mol. The molecule has 3 amide bonds. The number of urea groups is 1. The van der Waals surface area contributed by atoms with E-state index in [1.165, 1.54) is 19.2 Å². The van der Waals surface area contributed by atoms with Crippen LogP contribution in [0.3, 0.4) is 0 Å². The van der Waals surface area contributed by atoms with Crippen LogP contribution in [-0.2, 0) is 14.8 Å². The molecule has 0 saturated carbocycles. The molecule has 3 rings (SSSR count). The largest absolute Gasteiger partial charge is 0.324 e. The van der Waals surface area contributed by atoms with Crippen molar-refractivity contribution in [1.82, 2.24) is 14.5 Å². The third-order valence-corrected chi connectivity index (χ3v) is 6.68. The van der Waals surface area contributed by atoms with Crippen LogP contribution in [0.2, 0.25) is 5.02 Å². The van der Waals surface area contributed by atoms with Crippen LogP contribution >= 0.6 is 11.6 Å². The zero-order chi connectivity index (χ0) is 17.7. The van der Waals surface area contributed by atoms with Gasteiger partial charge in [-0.3, -0.25) is 9.69 Å². The molecule has 1 spiro atoms. The molecule has 0 atom stereocenters. The van der Waals surface area contributed by atoms with Gasteiger partial charge in [0.25, 0.3) is 5.91 Å². The number of rotatable bonds is 2. The monoisotopic (exact) mass is 375 g/mol. The Morgan fingerprint density at radius 3 is 2.42 bits per heavy atom. The molecule has 10 heteroatoms. The third-order valence-electron chi connectivity index (χ3n) is 4.47. The number of benzene rings is 1. The molecule has 2 fully saturated rings. The van der Waals surface area contributed by atoms with E-state index in [9.17, 15) is 22.4 Å². The van der Waals surface area contributed by atoms with Crippen molar-refractivity contribution in [2.45, 2.75) is 23.3 Å². The van der Waals surface area contributed by atoms with Gasteiger partial charge in [-0.05, 0) is 25.0 Å². The maximum Gasteiger partial charge on any atom is 0.324 e. The van der Waals surface area contributed by atoms with Gasteiger partial charge >= 0.3 is 6.03 Å². The van der Waals surface area contributed by atoms with Crippen molar-refractivity contribution in [3.8, 4) is 0 Å². The number of imide groups is 1. The number of hydrogen-bond acceptors (Lipinski definition) is 4. The lowest BCUT2D eigenvalue weighted by molar-refractivity contribution is -0.131. The van der Waals surface area contributed by atoms with Gasteiger partial charge in [0.2, 0.25) is 10.0 Å². The van der Waals surface area contributed by atoms with Crippen molar-refractivity contribution in [2.24, 2.45) is 0 Å². The Morgan fingerprint density at radius 1 is 1.25 bits per heavy atom. The number of nitrogens with zero attached hydrogens (tertiary/aromatic N) is 2. The highest BCUT2D eigenvalue weighted by Gasteiger charge is 2.52. The number of nitrogens with one attached hydrogen (secondary N) is 1. The molecule has 0 aromatic heterocycles. The summed E-state index contributed by atoms with van der Waals surface area (Å²) in [5.74, 6) is -1.37. The number of amides is 3. The van der Waals surface area contributed by atoms with Gasteiger partial charge in [-0.2, -0.15) is 4.31 Å². The summed E-state index contributed by atoms with van der Waals surface area (Å²) in [6, 6.07) is 3.28. The van der Waals surface area contributed by atoms with E-state index in [-0.39, 0.29) is 36.9 Å². The molecule has 2 aliphatic rings.